The van der Waals surface area contributed by atoms with E-state index in [2.05, 4.69) is 46.7 Å². The Morgan fingerprint density at radius 1 is 1.18 bits per heavy atom. The fourth-order valence-corrected chi connectivity index (χ4v) is 2.57. The maximum absolute atomic E-state index is 11.7. The summed E-state index contributed by atoms with van der Waals surface area (Å²) in [6.07, 6.45) is 0.945. The molecule has 22 heavy (non-hydrogen) atoms. The Morgan fingerprint density at radius 3 is 2.59 bits per heavy atom. The van der Waals surface area contributed by atoms with E-state index in [0.717, 1.165) is 39.3 Å². The van der Waals surface area contributed by atoms with Gasteiger partial charge in [-0.05, 0) is 17.9 Å². The lowest BCUT2D eigenvalue weighted by molar-refractivity contribution is 0.0387. The average molecular weight is 305 g/mol. The van der Waals surface area contributed by atoms with E-state index in [1.54, 1.807) is 0 Å². The summed E-state index contributed by atoms with van der Waals surface area (Å²) in [6, 6.07) is 10.3. The smallest absolute Gasteiger partial charge is 0.314 e. The number of amides is 2. The van der Waals surface area contributed by atoms with Gasteiger partial charge in [-0.3, -0.25) is 4.90 Å². The summed E-state index contributed by atoms with van der Waals surface area (Å²) in [7, 11) is 0. The largest absolute Gasteiger partial charge is 0.379 e. The Morgan fingerprint density at radius 2 is 1.86 bits per heavy atom. The minimum absolute atomic E-state index is 0.0754. The highest BCUT2D eigenvalue weighted by Gasteiger charge is 2.10. The molecule has 0 saturated carbocycles. The molecule has 1 atom stereocenters. The Balaban J connectivity index is 1.54. The topological polar surface area (TPSA) is 53.6 Å². The molecule has 0 aliphatic carbocycles. The van der Waals surface area contributed by atoms with Crippen LogP contribution in [0.15, 0.2) is 30.3 Å². The van der Waals surface area contributed by atoms with Crippen molar-refractivity contribution in [3.8, 4) is 0 Å². The third-order valence-electron chi connectivity index (χ3n) is 4.05. The number of urea groups is 1. The number of morpholine rings is 1. The summed E-state index contributed by atoms with van der Waals surface area (Å²) >= 11 is 0. The first-order chi connectivity index (χ1) is 10.8. The molecule has 0 bridgehead atoms. The lowest BCUT2D eigenvalue weighted by atomic mass is 9.98. The summed E-state index contributed by atoms with van der Waals surface area (Å²) in [6.45, 7) is 7.95. The number of hydrogen-bond acceptors (Lipinski definition) is 3. The number of hydrogen-bond donors (Lipinski definition) is 2. The summed E-state index contributed by atoms with van der Waals surface area (Å²) in [5, 5.41) is 5.84. The van der Waals surface area contributed by atoms with Crippen molar-refractivity contribution in [1.29, 1.82) is 0 Å². The minimum atomic E-state index is -0.0754. The fourth-order valence-electron chi connectivity index (χ4n) is 2.57. The van der Waals surface area contributed by atoms with Crippen molar-refractivity contribution in [1.82, 2.24) is 15.5 Å². The average Bonchev–Trinajstić information content (AvgIpc) is 2.56. The molecule has 1 saturated heterocycles. The SMILES string of the molecule is C[C@H](CCNC(=O)NCCN1CCOCC1)c1ccccc1. The van der Waals surface area contributed by atoms with Gasteiger partial charge >= 0.3 is 6.03 Å². The maximum atomic E-state index is 11.7. The molecule has 1 aromatic carbocycles. The van der Waals surface area contributed by atoms with E-state index in [4.69, 9.17) is 4.74 Å². The van der Waals surface area contributed by atoms with E-state index in [9.17, 15) is 4.79 Å². The van der Waals surface area contributed by atoms with Crippen molar-refractivity contribution in [2.24, 2.45) is 0 Å². The third-order valence-corrected chi connectivity index (χ3v) is 4.05. The number of rotatable bonds is 7. The van der Waals surface area contributed by atoms with Gasteiger partial charge in [-0.1, -0.05) is 37.3 Å². The van der Waals surface area contributed by atoms with E-state index in [1.165, 1.54) is 5.56 Å². The second-order valence-corrected chi connectivity index (χ2v) is 5.74. The molecule has 1 aromatic rings. The zero-order chi connectivity index (χ0) is 15.6. The summed E-state index contributed by atoms with van der Waals surface area (Å²) in [4.78, 5) is 14.0. The number of nitrogens with zero attached hydrogens (tertiary/aromatic N) is 1. The van der Waals surface area contributed by atoms with E-state index < -0.39 is 0 Å². The lowest BCUT2D eigenvalue weighted by Crippen LogP contribution is -2.43. The molecule has 0 unspecified atom stereocenters. The van der Waals surface area contributed by atoms with Crippen molar-refractivity contribution in [3.63, 3.8) is 0 Å². The number of benzene rings is 1. The van der Waals surface area contributed by atoms with E-state index >= 15 is 0 Å². The first-order valence-electron chi connectivity index (χ1n) is 8.12. The van der Waals surface area contributed by atoms with Crippen LogP contribution in [0.25, 0.3) is 0 Å². The summed E-state index contributed by atoms with van der Waals surface area (Å²) < 4.78 is 5.30. The van der Waals surface area contributed by atoms with Crippen LogP contribution in [0.4, 0.5) is 4.79 Å². The van der Waals surface area contributed by atoms with E-state index in [-0.39, 0.29) is 6.03 Å². The number of carbonyl (C=O) groups is 1. The fraction of sp³-hybridized carbons (Fsp3) is 0.588. The van der Waals surface area contributed by atoms with Gasteiger partial charge in [0, 0.05) is 32.7 Å². The monoisotopic (exact) mass is 305 g/mol. The second-order valence-electron chi connectivity index (χ2n) is 5.74. The van der Waals surface area contributed by atoms with Crippen LogP contribution >= 0.6 is 0 Å². The molecule has 1 heterocycles. The van der Waals surface area contributed by atoms with Crippen molar-refractivity contribution in [2.45, 2.75) is 19.3 Å². The van der Waals surface area contributed by atoms with E-state index in [0.29, 0.717) is 19.0 Å². The van der Waals surface area contributed by atoms with Gasteiger partial charge in [0.05, 0.1) is 13.2 Å². The predicted molar refractivity (Wildman–Crippen MR) is 88.1 cm³/mol. The van der Waals surface area contributed by atoms with Crippen molar-refractivity contribution < 1.29 is 9.53 Å². The molecule has 0 radical (unpaired) electrons. The number of nitrogens with one attached hydrogen (secondary N) is 2. The Kier molecular flexibility index (Phi) is 7.19. The first-order valence-corrected chi connectivity index (χ1v) is 8.12. The molecular formula is C17H27N3O2. The molecule has 122 valence electrons. The molecule has 1 aliphatic rings. The Hall–Kier alpha value is -1.59. The minimum Gasteiger partial charge on any atom is -0.379 e. The van der Waals surface area contributed by atoms with Gasteiger partial charge in [-0.15, -0.1) is 0 Å². The van der Waals surface area contributed by atoms with Gasteiger partial charge in [-0.2, -0.15) is 0 Å². The van der Waals surface area contributed by atoms with Crippen LogP contribution in [0.3, 0.4) is 0 Å². The summed E-state index contributed by atoms with van der Waals surface area (Å²) in [5.74, 6) is 0.454. The first kappa shape index (κ1) is 16.8. The van der Waals surface area contributed by atoms with Crippen molar-refractivity contribution in [2.75, 3.05) is 45.9 Å². The summed E-state index contributed by atoms with van der Waals surface area (Å²) in [5.41, 5.74) is 1.32. The van der Waals surface area contributed by atoms with Crippen LogP contribution in [0, 0.1) is 0 Å². The van der Waals surface area contributed by atoms with Gasteiger partial charge in [0.25, 0.3) is 0 Å². The predicted octanol–water partition coefficient (Wildman–Crippen LogP) is 1.81. The van der Waals surface area contributed by atoms with Gasteiger partial charge in [0.2, 0.25) is 0 Å². The molecule has 0 spiro atoms. The normalized spacial score (nSPS) is 17.0. The molecule has 1 fully saturated rings. The molecule has 0 aromatic heterocycles. The number of carbonyl (C=O) groups excluding carboxylic acids is 1. The van der Waals surface area contributed by atoms with Crippen molar-refractivity contribution in [3.05, 3.63) is 35.9 Å². The molecule has 2 amide bonds. The van der Waals surface area contributed by atoms with Crippen LogP contribution in [0.2, 0.25) is 0 Å². The van der Waals surface area contributed by atoms with Crippen LogP contribution in [-0.2, 0) is 4.74 Å². The zero-order valence-corrected chi connectivity index (χ0v) is 13.4. The lowest BCUT2D eigenvalue weighted by Gasteiger charge is -2.26. The molecule has 2 N–H and O–H groups in total. The highest BCUT2D eigenvalue weighted by Crippen LogP contribution is 2.17. The zero-order valence-electron chi connectivity index (χ0n) is 13.4. The van der Waals surface area contributed by atoms with Crippen molar-refractivity contribution >= 4 is 6.03 Å². The standard InChI is InChI=1S/C17H27N3O2/c1-15(16-5-3-2-4-6-16)7-8-18-17(21)19-9-10-20-11-13-22-14-12-20/h2-6,15H,7-14H2,1H3,(H2,18,19,21)/t15-/m1/s1. The van der Waals surface area contributed by atoms with Crippen LogP contribution in [-0.4, -0.2) is 56.9 Å². The van der Waals surface area contributed by atoms with Crippen LogP contribution in [0.5, 0.6) is 0 Å². The molecule has 1 aliphatic heterocycles. The number of ether oxygens (including phenoxy) is 1. The highest BCUT2D eigenvalue weighted by atomic mass is 16.5. The Labute approximate surface area is 133 Å². The molecule has 5 nitrogen and oxygen atoms in total. The maximum Gasteiger partial charge on any atom is 0.314 e. The molecule has 2 rings (SSSR count). The highest BCUT2D eigenvalue weighted by molar-refractivity contribution is 5.73. The molecule has 5 heteroatoms. The quantitative estimate of drug-likeness (QED) is 0.808. The van der Waals surface area contributed by atoms with Gasteiger partial charge in [0.15, 0.2) is 0 Å². The van der Waals surface area contributed by atoms with Crippen LogP contribution < -0.4 is 10.6 Å². The van der Waals surface area contributed by atoms with E-state index in [1.807, 2.05) is 6.07 Å². The van der Waals surface area contributed by atoms with Gasteiger partial charge in [-0.25, -0.2) is 4.79 Å². The molecular weight excluding hydrogens is 278 g/mol. The second kappa shape index (κ2) is 9.43. The van der Waals surface area contributed by atoms with Crippen LogP contribution in [0.1, 0.15) is 24.8 Å². The van der Waals surface area contributed by atoms with Gasteiger partial charge < -0.3 is 15.4 Å². The third kappa shape index (κ3) is 6.03. The van der Waals surface area contributed by atoms with Gasteiger partial charge in [0.1, 0.15) is 0 Å². The Bertz CT molecular complexity index is 433.